The van der Waals surface area contributed by atoms with Gasteiger partial charge in [0.25, 0.3) is 0 Å². The van der Waals surface area contributed by atoms with Crippen LogP contribution in [-0.2, 0) is 0 Å². The van der Waals surface area contributed by atoms with E-state index in [0.717, 1.165) is 4.48 Å². The van der Waals surface area contributed by atoms with Crippen molar-refractivity contribution in [3.05, 3.63) is 0 Å². The summed E-state index contributed by atoms with van der Waals surface area (Å²) in [4.78, 5) is 0. The first-order chi connectivity index (χ1) is 10.6. The molecule has 0 unspecified atom stereocenters. The van der Waals surface area contributed by atoms with E-state index < -0.39 is 0 Å². The predicted molar refractivity (Wildman–Crippen MR) is 108 cm³/mol. The summed E-state index contributed by atoms with van der Waals surface area (Å²) in [5, 5.41) is 0. The first-order valence-electron chi connectivity index (χ1n) is 9.74. The second-order valence-electron chi connectivity index (χ2n) is 7.61. The monoisotopic (exact) mass is 370 g/mol. The number of hydrogen-bond acceptors (Lipinski definition) is 0. The van der Waals surface area contributed by atoms with Gasteiger partial charge in [0, 0.05) is 0 Å². The molecule has 0 aromatic carbocycles. The van der Waals surface area contributed by atoms with Gasteiger partial charge in [-0.3, -0.25) is 0 Å². The van der Waals surface area contributed by atoms with Crippen molar-refractivity contribution >= 4 is 29.5 Å². The van der Waals surface area contributed by atoms with Crippen molar-refractivity contribution in [2.45, 2.75) is 96.8 Å². The maximum absolute atomic E-state index is 2.94. The summed E-state index contributed by atoms with van der Waals surface area (Å²) >= 11 is 4.75. The summed E-state index contributed by atoms with van der Waals surface area (Å²) in [5.74, 6) is 0. The van der Waals surface area contributed by atoms with Gasteiger partial charge in [0.1, 0.15) is 0 Å². The predicted octanol–water partition coefficient (Wildman–Crippen LogP) is 6.64. The van der Waals surface area contributed by atoms with E-state index in [-0.39, 0.29) is 0 Å². The van der Waals surface area contributed by atoms with Crippen molar-refractivity contribution in [3.8, 4) is 0 Å². The summed E-state index contributed by atoms with van der Waals surface area (Å²) in [6.45, 7) is 3.63. The van der Waals surface area contributed by atoms with Crippen LogP contribution >= 0.6 is 13.7 Å². The van der Waals surface area contributed by atoms with Gasteiger partial charge in [-0.15, -0.1) is 0 Å². The van der Waals surface area contributed by atoms with E-state index in [1.54, 1.807) is 0 Å². The molecule has 0 aromatic rings. The molecule has 0 aliphatic heterocycles. The van der Waals surface area contributed by atoms with Crippen LogP contribution in [0.2, 0.25) is 0 Å². The Morgan fingerprint density at radius 1 is 0.545 bits per heavy atom. The Morgan fingerprint density at radius 3 is 1.09 bits per heavy atom. The number of hydrogen-bond donors (Lipinski definition) is 0. The Bertz CT molecular complexity index is 192. The van der Waals surface area contributed by atoms with Crippen LogP contribution < -0.4 is 0 Å². The molecular weight excluding hydrogens is 329 g/mol. The second-order valence-corrected chi connectivity index (χ2v) is 7.61. The summed E-state index contributed by atoms with van der Waals surface area (Å²) < 4.78 is 1.12. The van der Waals surface area contributed by atoms with Crippen molar-refractivity contribution in [3.63, 3.8) is 0 Å². The van der Waals surface area contributed by atoms with Gasteiger partial charge >= 0.3 is 29.5 Å². The van der Waals surface area contributed by atoms with Crippen LogP contribution in [0.4, 0.5) is 0 Å². The zero-order valence-electron chi connectivity index (χ0n) is 16.4. The molecule has 0 atom stereocenters. The number of unbranched alkanes of at least 4 members (excludes halogenated alkanes) is 13. The summed E-state index contributed by atoms with van der Waals surface area (Å²) in [5.41, 5.74) is 0. The van der Waals surface area contributed by atoms with Gasteiger partial charge in [0.05, 0.1) is 27.7 Å². The zero-order chi connectivity index (χ0) is 17.1. The van der Waals surface area contributed by atoms with Crippen molar-refractivity contribution in [1.29, 1.82) is 0 Å². The average molecular weight is 371 g/mol. The minimum atomic E-state index is 1.12. The summed E-state index contributed by atoms with van der Waals surface area (Å²) in [6.07, 6.45) is 20.4. The molecule has 0 saturated heterocycles. The van der Waals surface area contributed by atoms with Crippen molar-refractivity contribution < 1.29 is 4.48 Å². The number of halogens is 1. The van der Waals surface area contributed by atoms with Crippen LogP contribution in [-0.4, -0.2) is 48.0 Å². The first kappa shape index (κ1) is 25.3. The Labute approximate surface area is 158 Å². The molecule has 0 heterocycles. The summed E-state index contributed by atoms with van der Waals surface area (Å²) in [7, 11) is 6.88. The van der Waals surface area contributed by atoms with Crippen LogP contribution in [0.3, 0.4) is 0 Å². The third-order valence-corrected chi connectivity index (χ3v) is 4.18. The molecule has 22 heavy (non-hydrogen) atoms. The molecule has 0 radical (unpaired) electrons. The quantitative estimate of drug-likeness (QED) is 0.172. The fourth-order valence-corrected chi connectivity index (χ4v) is 2.78. The van der Waals surface area contributed by atoms with Crippen LogP contribution in [0.1, 0.15) is 96.8 Å². The van der Waals surface area contributed by atoms with Crippen LogP contribution in [0.5, 0.6) is 0 Å². The molecular formula is C19H42BrLiN+. The van der Waals surface area contributed by atoms with Gasteiger partial charge in [0.2, 0.25) is 0 Å². The molecule has 0 fully saturated rings. The maximum atomic E-state index is 2.94. The normalized spacial score (nSPS) is 11.2. The molecule has 0 aliphatic carbocycles. The molecule has 0 saturated carbocycles. The first-order valence-corrected chi connectivity index (χ1v) is 11.3. The number of rotatable bonds is 15. The van der Waals surface area contributed by atoms with E-state index in [2.05, 4.69) is 41.8 Å². The minimum absolute atomic E-state index is 1.12. The van der Waals surface area contributed by atoms with Gasteiger partial charge in [0.15, 0.2) is 0 Å². The van der Waals surface area contributed by atoms with Crippen molar-refractivity contribution in [1.82, 2.24) is 0 Å². The number of nitrogens with zero attached hydrogens (tertiary/aromatic N) is 1. The Morgan fingerprint density at radius 2 is 0.818 bits per heavy atom. The topological polar surface area (TPSA) is 0 Å². The van der Waals surface area contributed by atoms with Crippen LogP contribution in [0.15, 0.2) is 0 Å². The van der Waals surface area contributed by atoms with E-state index in [9.17, 15) is 0 Å². The van der Waals surface area contributed by atoms with Crippen molar-refractivity contribution in [2.24, 2.45) is 0 Å². The summed E-state index contributed by atoms with van der Waals surface area (Å²) in [6, 6.07) is 0. The van der Waals surface area contributed by atoms with E-state index in [0.29, 0.717) is 0 Å². The molecule has 0 amide bonds. The van der Waals surface area contributed by atoms with E-state index in [1.165, 1.54) is 96.4 Å². The zero-order valence-corrected chi connectivity index (χ0v) is 18.0. The molecule has 130 valence electrons. The Hall–Kier alpha value is 1.04. The molecule has 0 aromatic heterocycles. The van der Waals surface area contributed by atoms with Crippen LogP contribution in [0.25, 0.3) is 0 Å². The fraction of sp³-hybridized carbons (Fsp3) is 1.00. The molecule has 0 aliphatic rings. The van der Waals surface area contributed by atoms with Crippen LogP contribution in [0, 0.1) is 0 Å². The molecule has 0 spiro atoms. The molecule has 3 heteroatoms. The second kappa shape index (κ2) is 20.1. The Balaban J connectivity index is 0. The average Bonchev–Trinajstić information content (AvgIpc) is 2.48. The molecule has 0 N–H and O–H groups in total. The van der Waals surface area contributed by atoms with Gasteiger partial charge in [-0.1, -0.05) is 84.0 Å². The fourth-order valence-electron chi connectivity index (χ4n) is 2.78. The standard InChI is InChI=1S/C19H42N.BrH.Li/c1-5-6-7-8-9-10-11-12-13-14-15-16-17-18-19-20(2,3)4;;/h5-19H2,1-4H3;1H;/q+1;;+1/p-1. The van der Waals surface area contributed by atoms with Crippen molar-refractivity contribution in [2.75, 3.05) is 27.7 Å². The molecule has 1 nitrogen and oxygen atoms in total. The molecule has 0 rings (SSSR count). The molecule has 0 bridgehead atoms. The third kappa shape index (κ3) is 26.0. The Kier molecular flexibility index (Phi) is 23.1. The van der Waals surface area contributed by atoms with Gasteiger partial charge in [-0.2, -0.15) is 0 Å². The third-order valence-electron chi connectivity index (χ3n) is 4.18. The van der Waals surface area contributed by atoms with E-state index >= 15 is 0 Å². The van der Waals surface area contributed by atoms with Gasteiger partial charge < -0.3 is 4.48 Å². The van der Waals surface area contributed by atoms with Gasteiger partial charge in [-0.05, 0) is 12.8 Å². The van der Waals surface area contributed by atoms with E-state index in [4.69, 9.17) is 0 Å². The number of quaternary nitrogens is 1. The van der Waals surface area contributed by atoms with E-state index in [1.807, 2.05) is 15.8 Å². The SMILES string of the molecule is CCCCCCCCCCCCCCCC[N+](C)(C)C.[Li][Br]. The van der Waals surface area contributed by atoms with Gasteiger partial charge in [-0.25, -0.2) is 0 Å².